The molecule has 0 fully saturated rings. The van der Waals surface area contributed by atoms with Crippen molar-refractivity contribution in [3.8, 4) is 0 Å². The van der Waals surface area contributed by atoms with Gasteiger partial charge in [-0.2, -0.15) is 0 Å². The molecule has 0 aliphatic heterocycles. The van der Waals surface area contributed by atoms with Gasteiger partial charge in [-0.25, -0.2) is 0 Å². The van der Waals surface area contributed by atoms with E-state index in [4.69, 9.17) is 22.3 Å². The fourth-order valence-corrected chi connectivity index (χ4v) is 1.79. The predicted octanol–water partition coefficient (Wildman–Crippen LogP) is 3.89. The predicted molar refractivity (Wildman–Crippen MR) is 47.9 cm³/mol. The van der Waals surface area contributed by atoms with E-state index in [2.05, 4.69) is 0 Å². The van der Waals surface area contributed by atoms with Crippen LogP contribution in [0.1, 0.15) is 5.56 Å². The third kappa shape index (κ3) is 1.82. The summed E-state index contributed by atoms with van der Waals surface area (Å²) in [7, 11) is 6.66. The third-order valence-electron chi connectivity index (χ3n) is 1.17. The summed E-state index contributed by atoms with van der Waals surface area (Å²) in [5.74, 6) is 0. The Balaban J connectivity index is 3.07. The summed E-state index contributed by atoms with van der Waals surface area (Å²) in [6.45, 7) is 1.99. The van der Waals surface area contributed by atoms with Crippen molar-refractivity contribution in [2.45, 2.75) is 11.8 Å². The molecule has 10 heavy (non-hydrogen) atoms. The highest BCUT2D eigenvalue weighted by Gasteiger charge is 1.97. The van der Waals surface area contributed by atoms with Crippen molar-refractivity contribution < 1.29 is 0 Å². The molecule has 1 aromatic carbocycles. The van der Waals surface area contributed by atoms with Crippen LogP contribution < -0.4 is 0 Å². The number of rotatable bonds is 1. The highest BCUT2D eigenvalue weighted by atomic mass is 35.7. The first kappa shape index (κ1) is 8.25. The van der Waals surface area contributed by atoms with Gasteiger partial charge in [0.15, 0.2) is 0 Å². The van der Waals surface area contributed by atoms with E-state index in [0.717, 1.165) is 26.5 Å². The van der Waals surface area contributed by atoms with Crippen molar-refractivity contribution >= 4 is 33.3 Å². The van der Waals surface area contributed by atoms with Gasteiger partial charge in [-0.3, -0.25) is 0 Å². The van der Waals surface area contributed by atoms with Gasteiger partial charge in [0.1, 0.15) is 0 Å². The maximum absolute atomic E-state index is 5.82. The Morgan fingerprint density at radius 2 is 2.10 bits per heavy atom. The number of hydrogen-bond donors (Lipinski definition) is 0. The quantitative estimate of drug-likeness (QED) is 0.651. The number of benzene rings is 1. The van der Waals surface area contributed by atoms with E-state index >= 15 is 0 Å². The van der Waals surface area contributed by atoms with Gasteiger partial charge in [0.2, 0.25) is 0 Å². The molecule has 0 radical (unpaired) electrons. The Hall–Kier alpha value is 0.150. The van der Waals surface area contributed by atoms with E-state index in [0.29, 0.717) is 0 Å². The number of hydrogen-bond acceptors (Lipinski definition) is 1. The minimum absolute atomic E-state index is 0.722. The lowest BCUT2D eigenvalue weighted by molar-refractivity contribution is 1.38. The minimum atomic E-state index is 0.722. The standard InChI is InChI=1S/C7H6Cl2S/c1-5-2-3-7(10-9)6(8)4-5/h2-4H,1H3. The van der Waals surface area contributed by atoms with Crippen LogP contribution in [-0.2, 0) is 0 Å². The summed E-state index contributed by atoms with van der Waals surface area (Å²) < 4.78 is 0. The van der Waals surface area contributed by atoms with E-state index in [1.165, 1.54) is 0 Å². The summed E-state index contributed by atoms with van der Waals surface area (Å²) in [6.07, 6.45) is 0. The highest BCUT2D eigenvalue weighted by Crippen LogP contribution is 2.29. The maximum Gasteiger partial charge on any atom is 0.0556 e. The van der Waals surface area contributed by atoms with Crippen molar-refractivity contribution in [2.24, 2.45) is 0 Å². The number of halogens is 2. The molecule has 1 aromatic rings. The summed E-state index contributed by atoms with van der Waals surface area (Å²) in [6, 6.07) is 5.79. The topological polar surface area (TPSA) is 0 Å². The molecule has 0 spiro atoms. The fourth-order valence-electron chi connectivity index (χ4n) is 0.668. The highest BCUT2D eigenvalue weighted by molar-refractivity contribution is 8.21. The van der Waals surface area contributed by atoms with Crippen LogP contribution in [0.5, 0.6) is 0 Å². The SMILES string of the molecule is Cc1ccc(SCl)c(Cl)c1. The Labute approximate surface area is 74.0 Å². The lowest BCUT2D eigenvalue weighted by Crippen LogP contribution is -1.73. The lowest BCUT2D eigenvalue weighted by atomic mass is 10.2. The van der Waals surface area contributed by atoms with Gasteiger partial charge in [0.25, 0.3) is 0 Å². The Morgan fingerprint density at radius 3 is 2.60 bits per heavy atom. The first-order chi connectivity index (χ1) is 4.74. The molecule has 0 nitrogen and oxygen atoms in total. The third-order valence-corrected chi connectivity index (χ3v) is 2.62. The van der Waals surface area contributed by atoms with E-state index in [1.54, 1.807) is 0 Å². The van der Waals surface area contributed by atoms with Gasteiger partial charge < -0.3 is 0 Å². The summed E-state index contributed by atoms with van der Waals surface area (Å²) >= 11 is 5.82. The molecule has 0 aliphatic rings. The maximum atomic E-state index is 5.82. The molecule has 0 unspecified atom stereocenters. The first-order valence-corrected chi connectivity index (χ1v) is 4.81. The van der Waals surface area contributed by atoms with Gasteiger partial charge in [-0.15, -0.1) is 0 Å². The summed E-state index contributed by atoms with van der Waals surface area (Å²) in [5.41, 5.74) is 1.15. The number of aryl methyl sites for hydroxylation is 1. The van der Waals surface area contributed by atoms with Crippen LogP contribution in [0.3, 0.4) is 0 Å². The summed E-state index contributed by atoms with van der Waals surface area (Å²) in [5, 5.41) is 0.722. The molecule has 54 valence electrons. The molecular formula is C7H6Cl2S. The average Bonchev–Trinajstić information content (AvgIpc) is 1.88. The van der Waals surface area contributed by atoms with Crippen LogP contribution >= 0.6 is 33.3 Å². The van der Waals surface area contributed by atoms with E-state index in [-0.39, 0.29) is 0 Å². The van der Waals surface area contributed by atoms with E-state index in [9.17, 15) is 0 Å². The van der Waals surface area contributed by atoms with Gasteiger partial charge in [-0.1, -0.05) is 17.7 Å². The Morgan fingerprint density at radius 1 is 1.40 bits per heavy atom. The normalized spacial score (nSPS) is 9.90. The van der Waals surface area contributed by atoms with Crippen LogP contribution in [0.15, 0.2) is 23.1 Å². The monoisotopic (exact) mass is 192 g/mol. The second kappa shape index (κ2) is 3.51. The first-order valence-electron chi connectivity index (χ1n) is 2.79. The van der Waals surface area contributed by atoms with E-state index < -0.39 is 0 Å². The van der Waals surface area contributed by atoms with Crippen molar-refractivity contribution in [1.29, 1.82) is 0 Å². The lowest BCUT2D eigenvalue weighted by Gasteiger charge is -1.98. The minimum Gasteiger partial charge on any atom is -0.0831 e. The van der Waals surface area contributed by atoms with Gasteiger partial charge in [0.05, 0.1) is 5.02 Å². The van der Waals surface area contributed by atoms with Crippen LogP contribution in [0.25, 0.3) is 0 Å². The summed E-state index contributed by atoms with van der Waals surface area (Å²) in [4.78, 5) is 0.911. The van der Waals surface area contributed by atoms with Crippen LogP contribution in [0, 0.1) is 6.92 Å². The molecule has 0 saturated carbocycles. The molecule has 0 aromatic heterocycles. The molecule has 0 amide bonds. The molecular weight excluding hydrogens is 187 g/mol. The Kier molecular flexibility index (Phi) is 2.90. The molecule has 0 N–H and O–H groups in total. The molecule has 0 bridgehead atoms. The molecule has 3 heteroatoms. The van der Waals surface area contributed by atoms with Gasteiger partial charge >= 0.3 is 0 Å². The van der Waals surface area contributed by atoms with Crippen LogP contribution in [0.2, 0.25) is 5.02 Å². The zero-order chi connectivity index (χ0) is 7.56. The molecule has 0 aliphatic carbocycles. The van der Waals surface area contributed by atoms with Crippen LogP contribution in [0.4, 0.5) is 0 Å². The molecule has 1 rings (SSSR count). The van der Waals surface area contributed by atoms with Crippen molar-refractivity contribution in [3.05, 3.63) is 28.8 Å². The largest absolute Gasteiger partial charge is 0.0831 e. The van der Waals surface area contributed by atoms with Gasteiger partial charge in [0, 0.05) is 4.90 Å². The zero-order valence-corrected chi connectivity index (χ0v) is 7.72. The average molecular weight is 193 g/mol. The van der Waals surface area contributed by atoms with E-state index in [1.807, 2.05) is 25.1 Å². The molecule has 0 saturated heterocycles. The van der Waals surface area contributed by atoms with Crippen molar-refractivity contribution in [1.82, 2.24) is 0 Å². The van der Waals surface area contributed by atoms with Gasteiger partial charge in [-0.05, 0) is 46.3 Å². The molecule has 0 heterocycles. The van der Waals surface area contributed by atoms with Crippen molar-refractivity contribution in [3.63, 3.8) is 0 Å². The Bertz CT molecular complexity index is 235. The second-order valence-electron chi connectivity index (χ2n) is 2.01. The van der Waals surface area contributed by atoms with Crippen molar-refractivity contribution in [2.75, 3.05) is 0 Å². The fraction of sp³-hybridized carbons (Fsp3) is 0.143. The molecule has 0 atom stereocenters. The zero-order valence-electron chi connectivity index (χ0n) is 5.40. The second-order valence-corrected chi connectivity index (χ2v) is 3.48. The van der Waals surface area contributed by atoms with Crippen LogP contribution in [-0.4, -0.2) is 0 Å². The smallest absolute Gasteiger partial charge is 0.0556 e.